The minimum Gasteiger partial charge on any atom is -0.455 e. The van der Waals surface area contributed by atoms with Crippen LogP contribution < -0.4 is 0 Å². The van der Waals surface area contributed by atoms with E-state index in [9.17, 15) is 4.79 Å². The summed E-state index contributed by atoms with van der Waals surface area (Å²) >= 11 is 6.07. The third-order valence-electron chi connectivity index (χ3n) is 5.45. The van der Waals surface area contributed by atoms with E-state index < -0.39 is 12.1 Å². The van der Waals surface area contributed by atoms with E-state index in [0.29, 0.717) is 17.1 Å². The summed E-state index contributed by atoms with van der Waals surface area (Å²) < 4.78 is 9.67. The Morgan fingerprint density at radius 1 is 1.03 bits per heavy atom. The molecule has 2 heterocycles. The number of imidazole rings is 1. The highest BCUT2D eigenvalue weighted by Gasteiger charge is 2.38. The van der Waals surface area contributed by atoms with Crippen molar-refractivity contribution in [3.05, 3.63) is 96.1 Å². The summed E-state index contributed by atoms with van der Waals surface area (Å²) in [6.07, 6.45) is 6.37. The maximum atomic E-state index is 13.4. The molecule has 33 heavy (non-hydrogen) atoms. The molecule has 2 aromatic heterocycles. The van der Waals surface area contributed by atoms with Gasteiger partial charge in [-0.1, -0.05) is 62.7 Å². The molecule has 170 valence electrons. The number of ether oxygens (including phenoxy) is 1. The summed E-state index contributed by atoms with van der Waals surface area (Å²) in [5, 5.41) is 5.04. The zero-order valence-electron chi connectivity index (χ0n) is 18.8. The van der Waals surface area contributed by atoms with Gasteiger partial charge in [-0.15, -0.1) is 0 Å². The number of hydrogen-bond donors (Lipinski definition) is 0. The highest BCUT2D eigenvalue weighted by Crippen LogP contribution is 2.34. The number of benzene rings is 2. The summed E-state index contributed by atoms with van der Waals surface area (Å²) in [6, 6.07) is 17.0. The van der Waals surface area contributed by atoms with Crippen molar-refractivity contribution in [2.75, 3.05) is 0 Å². The molecular formula is C25H26ClN5O2. The molecule has 0 amide bonds. The fourth-order valence-electron chi connectivity index (χ4n) is 3.84. The van der Waals surface area contributed by atoms with Crippen LogP contribution in [0.15, 0.2) is 79.8 Å². The van der Waals surface area contributed by atoms with Crippen molar-refractivity contribution in [1.82, 2.24) is 24.3 Å². The molecule has 4 aromatic rings. The van der Waals surface area contributed by atoms with Crippen LogP contribution in [-0.4, -0.2) is 36.4 Å². The van der Waals surface area contributed by atoms with Crippen molar-refractivity contribution in [2.45, 2.75) is 39.3 Å². The van der Waals surface area contributed by atoms with Crippen LogP contribution in [0.1, 0.15) is 42.9 Å². The minimum atomic E-state index is -0.499. The molecule has 7 nitrogen and oxygen atoms in total. The lowest BCUT2D eigenvalue weighted by Crippen LogP contribution is -2.41. The zero-order chi connectivity index (χ0) is 23.4. The highest BCUT2D eigenvalue weighted by molar-refractivity contribution is 6.30. The topological polar surface area (TPSA) is 74.8 Å². The second-order valence-corrected chi connectivity index (χ2v) is 9.39. The van der Waals surface area contributed by atoms with Crippen LogP contribution >= 0.6 is 11.6 Å². The Bertz CT molecular complexity index is 1180. The standard InChI is InChI=1S/C25H26ClN5O2/c1-25(2,3)23(21(31-17-28-15-29-31)13-18-9-11-19(26)12-10-18)33-24(32)22-14-27-16-30(22)20-7-5-4-6-8-20/h4-12,14-17,21,23H,13H2,1-3H3. The van der Waals surface area contributed by atoms with E-state index in [1.165, 1.54) is 12.5 Å². The number of hydrogen-bond acceptors (Lipinski definition) is 5. The van der Waals surface area contributed by atoms with Gasteiger partial charge in [0.1, 0.15) is 18.8 Å². The van der Waals surface area contributed by atoms with Gasteiger partial charge in [0.2, 0.25) is 0 Å². The molecular weight excluding hydrogens is 438 g/mol. The molecule has 0 radical (unpaired) electrons. The Morgan fingerprint density at radius 3 is 2.39 bits per heavy atom. The molecule has 8 heteroatoms. The molecule has 0 saturated carbocycles. The number of carbonyl (C=O) groups is 1. The average Bonchev–Trinajstić information content (AvgIpc) is 3.49. The molecule has 0 aliphatic heterocycles. The Balaban J connectivity index is 1.66. The van der Waals surface area contributed by atoms with Crippen molar-refractivity contribution in [3.63, 3.8) is 0 Å². The van der Waals surface area contributed by atoms with Gasteiger partial charge >= 0.3 is 5.97 Å². The fourth-order valence-corrected chi connectivity index (χ4v) is 3.96. The van der Waals surface area contributed by atoms with Crippen LogP contribution in [0.25, 0.3) is 5.69 Å². The first-order valence-corrected chi connectivity index (χ1v) is 11.1. The lowest BCUT2D eigenvalue weighted by atomic mass is 9.82. The Kier molecular flexibility index (Phi) is 6.60. The zero-order valence-corrected chi connectivity index (χ0v) is 19.6. The Labute approximate surface area is 198 Å². The van der Waals surface area contributed by atoms with E-state index in [2.05, 4.69) is 15.1 Å². The second-order valence-electron chi connectivity index (χ2n) is 8.95. The van der Waals surface area contributed by atoms with Crippen LogP contribution in [0.5, 0.6) is 0 Å². The Hall–Kier alpha value is -3.45. The predicted molar refractivity (Wildman–Crippen MR) is 126 cm³/mol. The van der Waals surface area contributed by atoms with E-state index >= 15 is 0 Å². The quantitative estimate of drug-likeness (QED) is 0.353. The van der Waals surface area contributed by atoms with Gasteiger partial charge in [0.15, 0.2) is 5.69 Å². The van der Waals surface area contributed by atoms with E-state index in [1.807, 2.05) is 75.4 Å². The van der Waals surface area contributed by atoms with Gasteiger partial charge in [0.05, 0.1) is 18.6 Å². The van der Waals surface area contributed by atoms with Crippen LogP contribution in [-0.2, 0) is 11.2 Å². The molecule has 0 spiro atoms. The summed E-state index contributed by atoms with van der Waals surface area (Å²) in [7, 11) is 0. The van der Waals surface area contributed by atoms with Gasteiger partial charge in [0, 0.05) is 16.1 Å². The molecule has 2 unspecified atom stereocenters. The minimum absolute atomic E-state index is 0.272. The number of halogens is 1. The number of rotatable bonds is 7. The van der Waals surface area contributed by atoms with Crippen molar-refractivity contribution in [2.24, 2.45) is 5.41 Å². The molecule has 0 fully saturated rings. The highest BCUT2D eigenvalue weighted by atomic mass is 35.5. The molecule has 4 rings (SSSR count). The number of nitrogens with zero attached hydrogens (tertiary/aromatic N) is 5. The molecule has 0 aliphatic rings. The lowest BCUT2D eigenvalue weighted by Gasteiger charge is -2.36. The number of carbonyl (C=O) groups excluding carboxylic acids is 1. The van der Waals surface area contributed by atoms with E-state index in [0.717, 1.165) is 11.3 Å². The first-order valence-electron chi connectivity index (χ1n) is 10.7. The normalized spacial score (nSPS) is 13.5. The van der Waals surface area contributed by atoms with E-state index in [4.69, 9.17) is 16.3 Å². The monoisotopic (exact) mass is 463 g/mol. The maximum absolute atomic E-state index is 13.4. The van der Waals surface area contributed by atoms with Gasteiger partial charge in [-0.2, -0.15) is 5.10 Å². The SMILES string of the molecule is CC(C)(C)C(OC(=O)c1cncn1-c1ccccc1)C(Cc1ccc(Cl)cc1)n1cncn1. The predicted octanol–water partition coefficient (Wildman–Crippen LogP) is 5.17. The van der Waals surface area contributed by atoms with Crippen molar-refractivity contribution < 1.29 is 9.53 Å². The second kappa shape index (κ2) is 9.58. The smallest absolute Gasteiger partial charge is 0.357 e. The summed E-state index contributed by atoms with van der Waals surface area (Å²) in [4.78, 5) is 21.7. The molecule has 2 atom stereocenters. The summed E-state index contributed by atoms with van der Waals surface area (Å²) in [5.74, 6) is -0.447. The van der Waals surface area contributed by atoms with Gasteiger partial charge in [-0.05, 0) is 36.2 Å². The summed E-state index contributed by atoms with van der Waals surface area (Å²) in [6.45, 7) is 6.14. The summed E-state index contributed by atoms with van der Waals surface area (Å²) in [5.41, 5.74) is 1.87. The number of esters is 1. The fraction of sp³-hybridized carbons (Fsp3) is 0.280. The number of aromatic nitrogens is 5. The van der Waals surface area contributed by atoms with Gasteiger partial charge in [0.25, 0.3) is 0 Å². The van der Waals surface area contributed by atoms with Crippen LogP contribution in [0.2, 0.25) is 5.02 Å². The van der Waals surface area contributed by atoms with E-state index in [1.54, 1.807) is 21.9 Å². The molecule has 2 aromatic carbocycles. The van der Waals surface area contributed by atoms with Crippen molar-refractivity contribution in [3.8, 4) is 5.69 Å². The molecule has 0 bridgehead atoms. The van der Waals surface area contributed by atoms with Crippen molar-refractivity contribution >= 4 is 17.6 Å². The third-order valence-corrected chi connectivity index (χ3v) is 5.71. The number of para-hydroxylation sites is 1. The van der Waals surface area contributed by atoms with Crippen LogP contribution in [0.3, 0.4) is 0 Å². The first kappa shape index (κ1) is 22.7. The van der Waals surface area contributed by atoms with Gasteiger partial charge in [-0.25, -0.2) is 19.4 Å². The van der Waals surface area contributed by atoms with Gasteiger partial charge in [-0.3, -0.25) is 4.57 Å². The maximum Gasteiger partial charge on any atom is 0.357 e. The molecule has 0 saturated heterocycles. The lowest BCUT2D eigenvalue weighted by molar-refractivity contribution is -0.0289. The largest absolute Gasteiger partial charge is 0.455 e. The van der Waals surface area contributed by atoms with E-state index in [-0.39, 0.29) is 11.5 Å². The first-order chi connectivity index (χ1) is 15.8. The van der Waals surface area contributed by atoms with Gasteiger partial charge < -0.3 is 4.74 Å². The average molecular weight is 464 g/mol. The van der Waals surface area contributed by atoms with Crippen molar-refractivity contribution in [1.29, 1.82) is 0 Å². The molecule has 0 N–H and O–H groups in total. The Morgan fingerprint density at radius 2 is 1.76 bits per heavy atom. The van der Waals surface area contributed by atoms with Crippen LogP contribution in [0, 0.1) is 5.41 Å². The third kappa shape index (κ3) is 5.31. The van der Waals surface area contributed by atoms with Crippen LogP contribution in [0.4, 0.5) is 0 Å². The molecule has 0 aliphatic carbocycles.